The summed E-state index contributed by atoms with van der Waals surface area (Å²) in [6, 6.07) is 10.7. The largest absolute Gasteiger partial charge is 0.298 e. The van der Waals surface area contributed by atoms with Crippen molar-refractivity contribution in [2.45, 2.75) is 4.90 Å². The Balaban J connectivity index is 1.65. The first-order chi connectivity index (χ1) is 14.4. The van der Waals surface area contributed by atoms with Gasteiger partial charge in [-0.2, -0.15) is 17.9 Å². The van der Waals surface area contributed by atoms with Crippen LogP contribution in [0.2, 0.25) is 5.02 Å². The summed E-state index contributed by atoms with van der Waals surface area (Å²) in [5.41, 5.74) is 3.11. The van der Waals surface area contributed by atoms with Crippen molar-refractivity contribution in [3.05, 3.63) is 83.8 Å². The maximum absolute atomic E-state index is 13.3. The Morgan fingerprint density at radius 3 is 2.73 bits per heavy atom. The highest BCUT2D eigenvalue weighted by Crippen LogP contribution is 2.22. The molecule has 0 bridgehead atoms. The van der Waals surface area contributed by atoms with Crippen LogP contribution in [0.1, 0.15) is 5.69 Å². The van der Waals surface area contributed by atoms with E-state index in [1.54, 1.807) is 23.0 Å². The number of imidazole rings is 1. The van der Waals surface area contributed by atoms with Crippen molar-refractivity contribution in [1.82, 2.24) is 18.8 Å². The molecule has 7 nitrogen and oxygen atoms in total. The minimum Gasteiger partial charge on any atom is -0.298 e. The minimum absolute atomic E-state index is 0.162. The molecule has 3 heterocycles. The molecule has 0 spiro atoms. The number of aromatic nitrogens is 3. The molecule has 152 valence electrons. The van der Waals surface area contributed by atoms with Crippen molar-refractivity contribution in [3.63, 3.8) is 0 Å². The summed E-state index contributed by atoms with van der Waals surface area (Å²) >= 11 is 5.70. The van der Waals surface area contributed by atoms with Gasteiger partial charge in [-0.15, -0.1) is 0 Å². The highest BCUT2D eigenvalue weighted by molar-refractivity contribution is 7.89. The van der Waals surface area contributed by atoms with E-state index in [1.165, 1.54) is 13.3 Å². The third-order valence-electron chi connectivity index (χ3n) is 4.42. The lowest BCUT2D eigenvalue weighted by Gasteiger charge is -2.13. The van der Waals surface area contributed by atoms with Gasteiger partial charge < -0.3 is 0 Å². The molecule has 0 saturated heterocycles. The standard InChI is InChI=1S/C20H15ClFN5O2S/c1-26(30(28,29)17-5-6-19(22)18(21)9-17)25-12-16-11-24-20-7-4-15(13-27(16)20)14-3-2-8-23-10-14/h2-13H,1H3/b25-12+. The molecule has 0 atom stereocenters. The van der Waals surface area contributed by atoms with Crippen LogP contribution in [0.5, 0.6) is 0 Å². The lowest BCUT2D eigenvalue weighted by atomic mass is 10.1. The highest BCUT2D eigenvalue weighted by atomic mass is 35.5. The van der Waals surface area contributed by atoms with Crippen LogP contribution in [0.3, 0.4) is 0 Å². The van der Waals surface area contributed by atoms with Crippen molar-refractivity contribution in [3.8, 4) is 11.1 Å². The van der Waals surface area contributed by atoms with Crippen LogP contribution in [0.15, 0.2) is 77.2 Å². The fourth-order valence-corrected chi connectivity index (χ4v) is 4.02. The maximum atomic E-state index is 13.3. The second kappa shape index (κ2) is 7.85. The Labute approximate surface area is 177 Å². The van der Waals surface area contributed by atoms with Crippen LogP contribution in [-0.2, 0) is 10.0 Å². The lowest BCUT2D eigenvalue weighted by Crippen LogP contribution is -2.22. The second-order valence-electron chi connectivity index (χ2n) is 6.33. The average molecular weight is 444 g/mol. The normalized spacial score (nSPS) is 12.0. The van der Waals surface area contributed by atoms with E-state index in [0.717, 1.165) is 33.7 Å². The lowest BCUT2D eigenvalue weighted by molar-refractivity contribution is 0.490. The molecule has 0 aliphatic rings. The predicted octanol–water partition coefficient (Wildman–Crippen LogP) is 3.84. The molecule has 10 heteroatoms. The zero-order valence-corrected chi connectivity index (χ0v) is 17.2. The quantitative estimate of drug-likeness (QED) is 0.346. The van der Waals surface area contributed by atoms with E-state index in [1.807, 2.05) is 30.5 Å². The van der Waals surface area contributed by atoms with E-state index >= 15 is 0 Å². The number of pyridine rings is 2. The van der Waals surface area contributed by atoms with E-state index in [-0.39, 0.29) is 9.92 Å². The fraction of sp³-hybridized carbons (Fsp3) is 0.0500. The molecular weight excluding hydrogens is 429 g/mol. The predicted molar refractivity (Wildman–Crippen MR) is 112 cm³/mol. The first kappa shape index (κ1) is 20.0. The molecule has 3 aromatic heterocycles. The summed E-state index contributed by atoms with van der Waals surface area (Å²) < 4.78 is 41.2. The van der Waals surface area contributed by atoms with E-state index < -0.39 is 15.8 Å². The van der Waals surface area contributed by atoms with Crippen molar-refractivity contribution in [1.29, 1.82) is 0 Å². The molecule has 4 rings (SSSR count). The molecule has 30 heavy (non-hydrogen) atoms. The monoisotopic (exact) mass is 443 g/mol. The molecule has 4 aromatic rings. The first-order valence-corrected chi connectivity index (χ1v) is 10.5. The number of hydrogen-bond acceptors (Lipinski definition) is 5. The highest BCUT2D eigenvalue weighted by Gasteiger charge is 2.20. The Kier molecular flexibility index (Phi) is 5.23. The fourth-order valence-electron chi connectivity index (χ4n) is 2.79. The Hall–Kier alpha value is -3.30. The topological polar surface area (TPSA) is 79.9 Å². The molecule has 0 radical (unpaired) electrons. The number of benzene rings is 1. The number of halogens is 2. The van der Waals surface area contributed by atoms with Crippen molar-refractivity contribution >= 4 is 33.5 Å². The molecule has 0 unspecified atom stereocenters. The Morgan fingerprint density at radius 1 is 1.17 bits per heavy atom. The molecule has 0 amide bonds. The number of sulfonamides is 1. The zero-order chi connectivity index (χ0) is 21.3. The van der Waals surface area contributed by atoms with Gasteiger partial charge in [-0.3, -0.25) is 9.38 Å². The first-order valence-electron chi connectivity index (χ1n) is 8.72. The maximum Gasteiger partial charge on any atom is 0.278 e. The smallest absolute Gasteiger partial charge is 0.278 e. The number of hydrazone groups is 1. The summed E-state index contributed by atoms with van der Waals surface area (Å²) in [7, 11) is -2.70. The average Bonchev–Trinajstić information content (AvgIpc) is 3.16. The van der Waals surface area contributed by atoms with Crippen LogP contribution in [0, 0.1) is 5.82 Å². The third-order valence-corrected chi connectivity index (χ3v) is 6.35. The molecule has 0 aliphatic carbocycles. The van der Waals surface area contributed by atoms with Gasteiger partial charge in [0.1, 0.15) is 11.5 Å². The third kappa shape index (κ3) is 3.77. The Bertz CT molecular complexity index is 1360. The van der Waals surface area contributed by atoms with Gasteiger partial charge >= 0.3 is 0 Å². The molecule has 0 N–H and O–H groups in total. The van der Waals surface area contributed by atoms with Crippen LogP contribution in [0.25, 0.3) is 16.8 Å². The summed E-state index contributed by atoms with van der Waals surface area (Å²) in [5.74, 6) is -0.697. The summed E-state index contributed by atoms with van der Waals surface area (Å²) in [5, 5.41) is 3.75. The zero-order valence-electron chi connectivity index (χ0n) is 15.6. The second-order valence-corrected chi connectivity index (χ2v) is 8.69. The Morgan fingerprint density at radius 2 is 2.00 bits per heavy atom. The van der Waals surface area contributed by atoms with Gasteiger partial charge in [-0.1, -0.05) is 17.7 Å². The number of fused-ring (bicyclic) bond motifs is 1. The van der Waals surface area contributed by atoms with Gasteiger partial charge in [0.25, 0.3) is 10.0 Å². The summed E-state index contributed by atoms with van der Waals surface area (Å²) in [4.78, 5) is 8.26. The van der Waals surface area contributed by atoms with Crippen molar-refractivity contribution < 1.29 is 12.8 Å². The number of nitrogens with zero attached hydrogens (tertiary/aromatic N) is 5. The SMILES string of the molecule is CN(/N=C/c1cnc2ccc(-c3cccnc3)cn12)S(=O)(=O)c1ccc(F)c(Cl)c1. The molecule has 0 fully saturated rings. The van der Waals surface area contributed by atoms with Gasteiger partial charge in [0.05, 0.1) is 28.0 Å². The molecule has 0 saturated carbocycles. The van der Waals surface area contributed by atoms with Gasteiger partial charge in [0.2, 0.25) is 0 Å². The van der Waals surface area contributed by atoms with Gasteiger partial charge in [-0.25, -0.2) is 9.37 Å². The summed E-state index contributed by atoms with van der Waals surface area (Å²) in [6.45, 7) is 0. The van der Waals surface area contributed by atoms with Crippen LogP contribution in [0.4, 0.5) is 4.39 Å². The van der Waals surface area contributed by atoms with Crippen molar-refractivity contribution in [2.24, 2.45) is 5.10 Å². The van der Waals surface area contributed by atoms with E-state index in [0.29, 0.717) is 11.3 Å². The van der Waals surface area contributed by atoms with Gasteiger partial charge in [0.15, 0.2) is 0 Å². The number of rotatable bonds is 5. The van der Waals surface area contributed by atoms with Gasteiger partial charge in [-0.05, 0) is 36.4 Å². The van der Waals surface area contributed by atoms with Gasteiger partial charge in [0, 0.05) is 36.8 Å². The van der Waals surface area contributed by atoms with E-state index in [4.69, 9.17) is 11.6 Å². The molecule has 1 aromatic carbocycles. The minimum atomic E-state index is -3.99. The number of hydrogen-bond donors (Lipinski definition) is 0. The summed E-state index contributed by atoms with van der Waals surface area (Å²) in [6.07, 6.45) is 8.29. The van der Waals surface area contributed by atoms with E-state index in [9.17, 15) is 12.8 Å². The van der Waals surface area contributed by atoms with Crippen molar-refractivity contribution in [2.75, 3.05) is 7.05 Å². The molecule has 0 aliphatic heterocycles. The molecular formula is C20H15ClFN5O2S. The van der Waals surface area contributed by atoms with Crippen LogP contribution < -0.4 is 0 Å². The van der Waals surface area contributed by atoms with Crippen LogP contribution >= 0.6 is 11.6 Å². The van der Waals surface area contributed by atoms with Crippen LogP contribution in [-0.4, -0.2) is 40.5 Å². The van der Waals surface area contributed by atoms with E-state index in [2.05, 4.69) is 15.1 Å².